The number of nitrogens with zero attached hydrogens (tertiary/aromatic N) is 1. The molecule has 0 aromatic rings. The van der Waals surface area contributed by atoms with Crippen molar-refractivity contribution < 1.29 is 37.4 Å². The van der Waals surface area contributed by atoms with Gasteiger partial charge in [0.05, 0.1) is 13.0 Å². The quantitative estimate of drug-likeness (QED) is 0.474. The Hall–Kier alpha value is -1.93. The number of carbonyl (C=O) groups is 3. The Balaban J connectivity index is 5.25. The Morgan fingerprint density at radius 1 is 0.714 bits per heavy atom. The highest BCUT2D eigenvalue weighted by Crippen LogP contribution is 2.25. The molecule has 9 heteroatoms. The van der Waals surface area contributed by atoms with Gasteiger partial charge in [-0.25, -0.2) is 23.3 Å². The van der Waals surface area contributed by atoms with Gasteiger partial charge in [-0.1, -0.05) is 0 Å². The summed E-state index contributed by atoms with van der Waals surface area (Å²) in [6.07, 6.45) is -3.97. The molecule has 164 valence electrons. The van der Waals surface area contributed by atoms with Crippen LogP contribution in [0.4, 0.5) is 18.4 Å². The largest absolute Gasteiger partial charge is 0.460 e. The zero-order chi connectivity index (χ0) is 22.6. The van der Waals surface area contributed by atoms with Crippen molar-refractivity contribution in [3.05, 3.63) is 0 Å². The lowest BCUT2D eigenvalue weighted by Crippen LogP contribution is -2.48. The van der Waals surface area contributed by atoms with E-state index in [-0.39, 0.29) is 4.90 Å². The Labute approximate surface area is 165 Å². The second-order valence-corrected chi connectivity index (χ2v) is 9.49. The van der Waals surface area contributed by atoms with Gasteiger partial charge in [-0.15, -0.1) is 0 Å². The van der Waals surface area contributed by atoms with Crippen molar-refractivity contribution in [3.63, 3.8) is 0 Å². The first-order valence-corrected chi connectivity index (χ1v) is 9.04. The molecule has 0 unspecified atom stereocenters. The van der Waals surface area contributed by atoms with Crippen LogP contribution < -0.4 is 0 Å². The fourth-order valence-electron chi connectivity index (χ4n) is 1.83. The van der Waals surface area contributed by atoms with E-state index in [0.29, 0.717) is 0 Å². The molecule has 28 heavy (non-hydrogen) atoms. The smallest absolute Gasteiger partial charge is 0.420 e. The number of rotatable bonds is 5. The highest BCUT2D eigenvalue weighted by Gasteiger charge is 2.40. The summed E-state index contributed by atoms with van der Waals surface area (Å²) < 4.78 is 43.8. The summed E-state index contributed by atoms with van der Waals surface area (Å²) in [5, 5.41) is 0. The molecule has 0 radical (unpaired) electrons. The monoisotopic (exact) mass is 409 g/mol. The van der Waals surface area contributed by atoms with Crippen LogP contribution in [0.2, 0.25) is 0 Å². The summed E-state index contributed by atoms with van der Waals surface area (Å²) in [5.74, 6) is -4.33. The zero-order valence-corrected chi connectivity index (χ0v) is 18.3. The fraction of sp³-hybridized carbons (Fsp3) is 0.842. The van der Waals surface area contributed by atoms with Gasteiger partial charge in [-0.3, -0.25) is 4.79 Å². The van der Waals surface area contributed by atoms with Crippen LogP contribution >= 0.6 is 0 Å². The van der Waals surface area contributed by atoms with Gasteiger partial charge in [0, 0.05) is 6.42 Å². The van der Waals surface area contributed by atoms with Gasteiger partial charge in [0.1, 0.15) is 16.8 Å². The molecule has 0 saturated heterocycles. The maximum absolute atomic E-state index is 14.4. The van der Waals surface area contributed by atoms with Crippen LogP contribution in [0.15, 0.2) is 0 Å². The van der Waals surface area contributed by atoms with Gasteiger partial charge in [-0.2, -0.15) is 0 Å². The molecule has 0 saturated carbocycles. The van der Waals surface area contributed by atoms with Crippen molar-refractivity contribution in [2.75, 3.05) is 6.54 Å². The van der Waals surface area contributed by atoms with E-state index in [1.165, 1.54) is 0 Å². The van der Waals surface area contributed by atoms with E-state index < -0.39 is 60.3 Å². The summed E-state index contributed by atoms with van der Waals surface area (Å²) in [6.45, 7) is 12.8. The molecular formula is C19H33F2NO6. The molecule has 0 fully saturated rings. The fourth-order valence-corrected chi connectivity index (χ4v) is 1.83. The van der Waals surface area contributed by atoms with Crippen LogP contribution in [0.1, 0.15) is 75.2 Å². The number of hydrogen-bond acceptors (Lipinski definition) is 6. The minimum Gasteiger partial charge on any atom is -0.460 e. The average Bonchev–Trinajstić information content (AvgIpc) is 2.37. The molecule has 0 heterocycles. The van der Waals surface area contributed by atoms with Gasteiger partial charge in [0.15, 0.2) is 0 Å². The normalized spacial score (nSPS) is 13.0. The molecule has 0 aliphatic carbocycles. The molecule has 0 aliphatic heterocycles. The molecule has 0 bridgehead atoms. The van der Waals surface area contributed by atoms with Crippen molar-refractivity contribution in [3.8, 4) is 0 Å². The first-order chi connectivity index (χ1) is 12.2. The number of amides is 2. The SMILES string of the molecule is CC(C)(C)OC(=O)CCC(F)(F)CN(C(=O)OC(C)(C)C)C(=O)OC(C)(C)C. The Kier molecular flexibility index (Phi) is 8.42. The topological polar surface area (TPSA) is 82.1 Å². The Morgan fingerprint density at radius 2 is 1.07 bits per heavy atom. The Morgan fingerprint density at radius 3 is 1.39 bits per heavy atom. The molecule has 0 aliphatic rings. The van der Waals surface area contributed by atoms with E-state index in [0.717, 1.165) is 0 Å². The third kappa shape index (κ3) is 12.5. The number of imide groups is 1. The second kappa shape index (κ2) is 9.05. The summed E-state index contributed by atoms with van der Waals surface area (Å²) in [5.41, 5.74) is -2.79. The number of alkyl halides is 2. The minimum absolute atomic E-state index is 0.214. The standard InChI is InChI=1S/C19H33F2NO6/c1-16(2,3)26-13(23)10-11-19(20,21)12-22(14(24)27-17(4,5)6)15(25)28-18(7,8)9/h10-12H2,1-9H3. The van der Waals surface area contributed by atoms with Crippen LogP contribution in [-0.2, 0) is 19.0 Å². The lowest BCUT2D eigenvalue weighted by Gasteiger charge is -2.30. The van der Waals surface area contributed by atoms with Gasteiger partial charge in [0.25, 0.3) is 5.92 Å². The maximum Gasteiger partial charge on any atom is 0.420 e. The van der Waals surface area contributed by atoms with E-state index in [9.17, 15) is 23.2 Å². The number of ether oxygens (including phenoxy) is 3. The highest BCUT2D eigenvalue weighted by atomic mass is 19.3. The second-order valence-electron chi connectivity index (χ2n) is 9.49. The van der Waals surface area contributed by atoms with E-state index in [4.69, 9.17) is 14.2 Å². The predicted molar refractivity (Wildman–Crippen MR) is 99.2 cm³/mol. The van der Waals surface area contributed by atoms with Crippen molar-refractivity contribution in [2.45, 2.75) is 97.9 Å². The van der Waals surface area contributed by atoms with Gasteiger partial charge in [0.2, 0.25) is 0 Å². The molecule has 0 spiro atoms. The summed E-state index contributed by atoms with van der Waals surface area (Å²) in [6, 6.07) is 0. The first-order valence-electron chi connectivity index (χ1n) is 9.04. The third-order valence-corrected chi connectivity index (χ3v) is 2.73. The molecule has 0 aromatic carbocycles. The van der Waals surface area contributed by atoms with Gasteiger partial charge >= 0.3 is 18.2 Å². The number of hydrogen-bond donors (Lipinski definition) is 0. The van der Waals surface area contributed by atoms with Crippen molar-refractivity contribution >= 4 is 18.2 Å². The number of halogens is 2. The molecule has 7 nitrogen and oxygen atoms in total. The molecule has 0 N–H and O–H groups in total. The number of esters is 1. The summed E-state index contributed by atoms with van der Waals surface area (Å²) in [4.78, 5) is 36.4. The molecular weight excluding hydrogens is 376 g/mol. The van der Waals surface area contributed by atoms with Crippen LogP contribution in [0.5, 0.6) is 0 Å². The van der Waals surface area contributed by atoms with Crippen LogP contribution in [-0.4, -0.2) is 52.3 Å². The molecule has 2 amide bonds. The zero-order valence-electron chi connectivity index (χ0n) is 18.3. The summed E-state index contributed by atoms with van der Waals surface area (Å²) >= 11 is 0. The van der Waals surface area contributed by atoms with Crippen molar-refractivity contribution in [1.82, 2.24) is 4.90 Å². The molecule has 0 aromatic heterocycles. The highest BCUT2D eigenvalue weighted by molar-refractivity contribution is 5.88. The predicted octanol–water partition coefficient (Wildman–Crippen LogP) is 4.92. The molecule has 0 rings (SSSR count). The van der Waals surface area contributed by atoms with Gasteiger partial charge < -0.3 is 14.2 Å². The van der Waals surface area contributed by atoms with E-state index in [1.54, 1.807) is 62.3 Å². The minimum atomic E-state index is -3.54. The van der Waals surface area contributed by atoms with E-state index in [2.05, 4.69) is 0 Å². The van der Waals surface area contributed by atoms with Crippen molar-refractivity contribution in [2.24, 2.45) is 0 Å². The number of carbonyl (C=O) groups excluding carboxylic acids is 3. The van der Waals surface area contributed by atoms with Crippen LogP contribution in [0.3, 0.4) is 0 Å². The maximum atomic E-state index is 14.4. The third-order valence-electron chi connectivity index (χ3n) is 2.73. The van der Waals surface area contributed by atoms with E-state index >= 15 is 0 Å². The van der Waals surface area contributed by atoms with Crippen LogP contribution in [0, 0.1) is 0 Å². The Bertz CT molecular complexity index is 542. The molecule has 0 atom stereocenters. The average molecular weight is 409 g/mol. The summed E-state index contributed by atoms with van der Waals surface area (Å²) in [7, 11) is 0. The lowest BCUT2D eigenvalue weighted by atomic mass is 10.1. The first kappa shape index (κ1) is 26.1. The van der Waals surface area contributed by atoms with Crippen molar-refractivity contribution in [1.29, 1.82) is 0 Å². The van der Waals surface area contributed by atoms with E-state index in [1.807, 2.05) is 0 Å². The van der Waals surface area contributed by atoms with Gasteiger partial charge in [-0.05, 0) is 62.3 Å². The lowest BCUT2D eigenvalue weighted by molar-refractivity contribution is -0.157. The van der Waals surface area contributed by atoms with Crippen LogP contribution in [0.25, 0.3) is 0 Å².